The minimum Gasteiger partial charge on any atom is -0.461 e. The van der Waals surface area contributed by atoms with Crippen molar-refractivity contribution in [1.29, 1.82) is 0 Å². The molecule has 5 N–H and O–H groups in total. The first-order valence-electron chi connectivity index (χ1n) is 14.5. The lowest BCUT2D eigenvalue weighted by Gasteiger charge is -2.59. The van der Waals surface area contributed by atoms with E-state index >= 15 is 0 Å². The lowest BCUT2D eigenvalue weighted by atomic mass is 9.48. The lowest BCUT2D eigenvalue weighted by molar-refractivity contribution is -0.366. The van der Waals surface area contributed by atoms with E-state index in [-0.39, 0.29) is 36.5 Å². The maximum Gasteiger partial charge on any atom is 0.428 e. The van der Waals surface area contributed by atoms with E-state index in [1.165, 1.54) is 0 Å². The first-order chi connectivity index (χ1) is 19.3. The van der Waals surface area contributed by atoms with Gasteiger partial charge in [0, 0.05) is 0 Å². The zero-order valence-electron chi connectivity index (χ0n) is 23.0. The Balaban J connectivity index is 1.18. The summed E-state index contributed by atoms with van der Waals surface area (Å²) >= 11 is 0. The number of aliphatic hydroxyl groups is 4. The van der Waals surface area contributed by atoms with Crippen LogP contribution >= 0.6 is 0 Å². The molecule has 0 spiro atoms. The molecular formula is C27H38F2O12S. The number of ether oxygens (including phenoxy) is 3. The van der Waals surface area contributed by atoms with Crippen molar-refractivity contribution >= 4 is 22.1 Å². The molecule has 8 aliphatic carbocycles. The maximum atomic E-state index is 14.4. The fourth-order valence-electron chi connectivity index (χ4n) is 10.1. The van der Waals surface area contributed by atoms with Crippen LogP contribution in [0.1, 0.15) is 77.0 Å². The van der Waals surface area contributed by atoms with Gasteiger partial charge in [0.2, 0.25) is 0 Å². The summed E-state index contributed by atoms with van der Waals surface area (Å²) in [6.45, 7) is -2.08. The van der Waals surface area contributed by atoms with Gasteiger partial charge in [0.1, 0.15) is 6.61 Å². The number of hydrogen-bond donors (Lipinski definition) is 5. The van der Waals surface area contributed by atoms with Gasteiger partial charge in [-0.05, 0) is 101 Å². The van der Waals surface area contributed by atoms with E-state index in [0.29, 0.717) is 51.4 Å². The third kappa shape index (κ3) is 5.06. The quantitative estimate of drug-likeness (QED) is 0.133. The zero-order chi connectivity index (χ0) is 30.6. The van der Waals surface area contributed by atoms with Gasteiger partial charge in [-0.2, -0.15) is 17.2 Å². The average molecular weight is 625 g/mol. The number of carbonyl (C=O) groups is 2. The molecule has 238 valence electrons. The molecule has 0 amide bonds. The fraction of sp³-hybridized carbons (Fsp3) is 0.926. The van der Waals surface area contributed by atoms with E-state index in [1.807, 2.05) is 0 Å². The van der Waals surface area contributed by atoms with Crippen LogP contribution in [0.2, 0.25) is 0 Å². The van der Waals surface area contributed by atoms with Crippen LogP contribution < -0.4 is 0 Å². The van der Waals surface area contributed by atoms with Crippen LogP contribution in [0.4, 0.5) is 8.78 Å². The summed E-state index contributed by atoms with van der Waals surface area (Å²) in [5.41, 5.74) is -4.09. The van der Waals surface area contributed by atoms with Crippen LogP contribution in [0, 0.1) is 34.5 Å². The van der Waals surface area contributed by atoms with E-state index in [9.17, 15) is 47.2 Å². The monoisotopic (exact) mass is 624 g/mol. The largest absolute Gasteiger partial charge is 0.461 e. The predicted molar refractivity (Wildman–Crippen MR) is 135 cm³/mol. The van der Waals surface area contributed by atoms with E-state index < -0.39 is 74.6 Å². The van der Waals surface area contributed by atoms with Gasteiger partial charge in [-0.1, -0.05) is 0 Å². The molecule has 8 saturated carbocycles. The Kier molecular flexibility index (Phi) is 6.91. The molecule has 12 nitrogen and oxygen atoms in total. The standard InChI is InChI=1S/C27H38F2O12S/c28-26(29,27(34,35)42(36,37)38)40-12-19(41-21(31)23-5-17-2-18(6-23)10-25(33,9-17)14-23)11-39-20(30)22-3-15-1-16(4-22)8-24(32,7-15)13-22/h15-19,32-35H,1-14H2,(H,36,37,38). The molecule has 0 radical (unpaired) electrons. The van der Waals surface area contributed by atoms with Gasteiger partial charge < -0.3 is 34.6 Å². The van der Waals surface area contributed by atoms with Gasteiger partial charge in [0.15, 0.2) is 6.10 Å². The van der Waals surface area contributed by atoms with Crippen LogP contribution in [-0.2, 0) is 33.9 Å². The van der Waals surface area contributed by atoms with E-state index in [1.54, 1.807) is 0 Å². The van der Waals surface area contributed by atoms with Crippen molar-refractivity contribution in [3.63, 3.8) is 0 Å². The van der Waals surface area contributed by atoms with Gasteiger partial charge in [-0.25, -0.2) is 0 Å². The Morgan fingerprint density at radius 1 is 0.786 bits per heavy atom. The number of esters is 2. The molecule has 15 heteroatoms. The van der Waals surface area contributed by atoms with Crippen molar-refractivity contribution in [2.75, 3.05) is 13.2 Å². The van der Waals surface area contributed by atoms with Crippen LogP contribution in [-0.4, -0.2) is 87.1 Å². The van der Waals surface area contributed by atoms with Gasteiger partial charge in [-0.15, -0.1) is 0 Å². The summed E-state index contributed by atoms with van der Waals surface area (Å²) < 4.78 is 75.3. The highest BCUT2D eigenvalue weighted by Gasteiger charge is 2.65. The fourth-order valence-corrected chi connectivity index (χ4v) is 10.4. The summed E-state index contributed by atoms with van der Waals surface area (Å²) in [6, 6.07) is 0. The molecule has 8 fully saturated rings. The second-order valence-corrected chi connectivity index (χ2v) is 16.0. The van der Waals surface area contributed by atoms with Crippen molar-refractivity contribution in [3.05, 3.63) is 0 Å². The highest BCUT2D eigenvalue weighted by Crippen LogP contribution is 2.63. The molecule has 8 bridgehead atoms. The van der Waals surface area contributed by atoms with Gasteiger partial charge in [-0.3, -0.25) is 14.1 Å². The first kappa shape index (κ1) is 30.5. The average Bonchev–Trinajstić information content (AvgIpc) is 2.81. The summed E-state index contributed by atoms with van der Waals surface area (Å²) in [5.74, 6) is -1.03. The van der Waals surface area contributed by atoms with Crippen molar-refractivity contribution in [1.82, 2.24) is 0 Å². The van der Waals surface area contributed by atoms with Crippen LogP contribution in [0.5, 0.6) is 0 Å². The number of carbonyl (C=O) groups excluding carboxylic acids is 2. The minimum absolute atomic E-state index is 0.0849. The van der Waals surface area contributed by atoms with Gasteiger partial charge in [0.05, 0.1) is 28.6 Å². The predicted octanol–water partition coefficient (Wildman–Crippen LogP) is 1.24. The molecular weight excluding hydrogens is 586 g/mol. The Morgan fingerprint density at radius 3 is 1.62 bits per heavy atom. The lowest BCUT2D eigenvalue weighted by Crippen LogP contribution is -2.59. The SMILES string of the molecule is O=C(OCC(COC(F)(F)C(O)(O)S(=O)(=O)O)OC(=O)C12CC3CC(CC(O)(C3)C1)C2)C12CC3CC(CC(O)(C3)C1)C2. The van der Waals surface area contributed by atoms with Crippen LogP contribution in [0.3, 0.4) is 0 Å². The summed E-state index contributed by atoms with van der Waals surface area (Å²) in [7, 11) is -6.13. The topological polar surface area (TPSA) is 197 Å². The highest BCUT2D eigenvalue weighted by atomic mass is 32.2. The molecule has 0 saturated heterocycles. The van der Waals surface area contributed by atoms with E-state index in [0.717, 1.165) is 12.8 Å². The second kappa shape index (κ2) is 9.51. The number of alkyl halides is 2. The van der Waals surface area contributed by atoms with Crippen molar-refractivity contribution in [2.24, 2.45) is 34.5 Å². The molecule has 0 aliphatic heterocycles. The molecule has 0 aromatic rings. The summed E-state index contributed by atoms with van der Waals surface area (Å²) in [6.07, 6.45) is -0.768. The number of halogens is 2. The Morgan fingerprint density at radius 2 is 1.21 bits per heavy atom. The molecule has 5 unspecified atom stereocenters. The van der Waals surface area contributed by atoms with Gasteiger partial charge in [0.25, 0.3) is 0 Å². The van der Waals surface area contributed by atoms with Crippen LogP contribution in [0.15, 0.2) is 0 Å². The Bertz CT molecular complexity index is 1220. The molecule has 42 heavy (non-hydrogen) atoms. The molecule has 0 heterocycles. The zero-order valence-corrected chi connectivity index (χ0v) is 23.9. The minimum atomic E-state index is -6.13. The summed E-state index contributed by atoms with van der Waals surface area (Å²) in [5, 5.41) is 35.8. The Hall–Kier alpha value is -1.49. The molecule has 8 aliphatic rings. The van der Waals surface area contributed by atoms with Crippen LogP contribution in [0.25, 0.3) is 0 Å². The van der Waals surface area contributed by atoms with Crippen molar-refractivity contribution < 1.29 is 66.0 Å². The van der Waals surface area contributed by atoms with Crippen molar-refractivity contribution in [2.45, 2.75) is 106 Å². The van der Waals surface area contributed by atoms with Crippen molar-refractivity contribution in [3.8, 4) is 0 Å². The number of hydrogen-bond acceptors (Lipinski definition) is 11. The molecule has 5 atom stereocenters. The molecule has 8 rings (SSSR count). The highest BCUT2D eigenvalue weighted by molar-refractivity contribution is 7.86. The Labute approximate surface area is 241 Å². The third-order valence-corrected chi connectivity index (χ3v) is 11.7. The molecule has 0 aromatic heterocycles. The van der Waals surface area contributed by atoms with E-state index in [4.69, 9.17) is 14.0 Å². The number of rotatable bonds is 10. The first-order valence-corrected chi connectivity index (χ1v) is 16.0. The smallest absolute Gasteiger partial charge is 0.428 e. The van der Waals surface area contributed by atoms with Gasteiger partial charge >= 0.3 is 33.3 Å². The second-order valence-electron chi connectivity index (χ2n) is 14.5. The maximum absolute atomic E-state index is 14.4. The molecule has 0 aromatic carbocycles. The normalized spacial score (nSPS) is 42.9. The third-order valence-electron chi connectivity index (χ3n) is 10.8. The van der Waals surface area contributed by atoms with E-state index in [2.05, 4.69) is 4.74 Å². The summed E-state index contributed by atoms with van der Waals surface area (Å²) in [4.78, 5) is 27.0.